The smallest absolute Gasteiger partial charge is 0.405 e. The standard InChI is InChI=1S/C18H14F3N3O4S/c1-9-22-16(28-24-9)14-11-6-7-26-8-13(11)29-17(14)23-15(25)10-4-2-3-5-12(10)27-18(19,20)21/h2-5H,6-8H2,1H3,(H,23,25). The minimum Gasteiger partial charge on any atom is -0.405 e. The molecule has 0 fully saturated rings. The molecule has 0 aliphatic carbocycles. The average molecular weight is 425 g/mol. The molecule has 0 unspecified atom stereocenters. The lowest BCUT2D eigenvalue weighted by Crippen LogP contribution is -2.20. The molecule has 7 nitrogen and oxygen atoms in total. The quantitative estimate of drug-likeness (QED) is 0.670. The fraction of sp³-hybridized carbons (Fsp3) is 0.278. The predicted molar refractivity (Wildman–Crippen MR) is 96.8 cm³/mol. The molecule has 29 heavy (non-hydrogen) atoms. The fourth-order valence-corrected chi connectivity index (χ4v) is 4.16. The largest absolute Gasteiger partial charge is 0.573 e. The number of benzene rings is 1. The van der Waals surface area contributed by atoms with Gasteiger partial charge in [-0.2, -0.15) is 4.98 Å². The monoisotopic (exact) mass is 425 g/mol. The van der Waals surface area contributed by atoms with Crippen molar-refractivity contribution in [2.75, 3.05) is 11.9 Å². The maximum Gasteiger partial charge on any atom is 0.573 e. The van der Waals surface area contributed by atoms with Gasteiger partial charge in [-0.25, -0.2) is 0 Å². The first-order chi connectivity index (χ1) is 13.8. The molecule has 0 radical (unpaired) electrons. The molecule has 0 saturated heterocycles. The number of hydrogen-bond donors (Lipinski definition) is 1. The zero-order valence-corrected chi connectivity index (χ0v) is 15.8. The lowest BCUT2D eigenvalue weighted by molar-refractivity contribution is -0.274. The molecule has 3 aromatic rings. The first-order valence-corrected chi connectivity index (χ1v) is 9.32. The lowest BCUT2D eigenvalue weighted by Gasteiger charge is -2.13. The molecule has 0 spiro atoms. The second-order valence-electron chi connectivity index (χ2n) is 6.16. The highest BCUT2D eigenvalue weighted by atomic mass is 32.1. The number of carbonyl (C=O) groups excluding carboxylic acids is 1. The number of aromatic nitrogens is 2. The van der Waals surface area contributed by atoms with Crippen molar-refractivity contribution in [2.45, 2.75) is 26.3 Å². The predicted octanol–water partition coefficient (Wildman–Crippen LogP) is 4.33. The van der Waals surface area contributed by atoms with Crippen LogP contribution in [0.1, 0.15) is 26.6 Å². The van der Waals surface area contributed by atoms with Gasteiger partial charge in [0.15, 0.2) is 5.82 Å². The molecule has 0 atom stereocenters. The van der Waals surface area contributed by atoms with Crippen LogP contribution in [-0.2, 0) is 17.8 Å². The highest BCUT2D eigenvalue weighted by Gasteiger charge is 2.33. The highest BCUT2D eigenvalue weighted by molar-refractivity contribution is 7.17. The van der Waals surface area contributed by atoms with E-state index in [0.717, 1.165) is 16.5 Å². The number of thiophene rings is 1. The fourth-order valence-electron chi connectivity index (χ4n) is 2.98. The maximum absolute atomic E-state index is 12.8. The molecule has 0 saturated carbocycles. The van der Waals surface area contributed by atoms with Gasteiger partial charge in [0.1, 0.15) is 10.8 Å². The first kappa shape index (κ1) is 19.4. The van der Waals surface area contributed by atoms with E-state index in [9.17, 15) is 18.0 Å². The Morgan fingerprint density at radius 1 is 1.31 bits per heavy atom. The van der Waals surface area contributed by atoms with Crippen LogP contribution in [0.15, 0.2) is 28.8 Å². The minimum absolute atomic E-state index is 0.233. The van der Waals surface area contributed by atoms with Crippen molar-refractivity contribution >= 4 is 22.2 Å². The van der Waals surface area contributed by atoms with Crippen LogP contribution in [0.2, 0.25) is 0 Å². The molecular weight excluding hydrogens is 411 g/mol. The number of nitrogens with zero attached hydrogens (tertiary/aromatic N) is 2. The van der Waals surface area contributed by atoms with Crippen molar-refractivity contribution in [3.05, 3.63) is 46.1 Å². The third-order valence-electron chi connectivity index (χ3n) is 4.15. The number of para-hydroxylation sites is 1. The minimum atomic E-state index is -4.91. The third-order valence-corrected chi connectivity index (χ3v) is 5.27. The summed E-state index contributed by atoms with van der Waals surface area (Å²) < 4.78 is 52.7. The Morgan fingerprint density at radius 2 is 2.10 bits per heavy atom. The van der Waals surface area contributed by atoms with Gasteiger partial charge in [-0.1, -0.05) is 17.3 Å². The number of nitrogens with one attached hydrogen (secondary N) is 1. The van der Waals surface area contributed by atoms with Gasteiger partial charge in [-0.15, -0.1) is 24.5 Å². The van der Waals surface area contributed by atoms with Crippen molar-refractivity contribution in [3.8, 4) is 17.2 Å². The van der Waals surface area contributed by atoms with Crippen molar-refractivity contribution in [1.82, 2.24) is 10.1 Å². The Labute approximate surface area is 166 Å². The second kappa shape index (κ2) is 7.48. The first-order valence-electron chi connectivity index (χ1n) is 8.51. The van der Waals surface area contributed by atoms with Crippen LogP contribution in [0, 0.1) is 6.92 Å². The summed E-state index contributed by atoms with van der Waals surface area (Å²) in [4.78, 5) is 17.9. The van der Waals surface area contributed by atoms with Crippen LogP contribution in [0.5, 0.6) is 5.75 Å². The normalized spacial score (nSPS) is 13.8. The number of amides is 1. The van der Waals surface area contributed by atoms with Crippen molar-refractivity contribution in [2.24, 2.45) is 0 Å². The van der Waals surface area contributed by atoms with E-state index in [-0.39, 0.29) is 11.5 Å². The van der Waals surface area contributed by atoms with Crippen molar-refractivity contribution < 1.29 is 32.0 Å². The van der Waals surface area contributed by atoms with Crippen molar-refractivity contribution in [1.29, 1.82) is 0 Å². The van der Waals surface area contributed by atoms with Crippen LogP contribution >= 0.6 is 11.3 Å². The highest BCUT2D eigenvalue weighted by Crippen LogP contribution is 2.43. The van der Waals surface area contributed by atoms with E-state index in [2.05, 4.69) is 20.2 Å². The molecule has 11 heteroatoms. The Bertz CT molecular complexity index is 1060. The molecule has 1 aliphatic heterocycles. The van der Waals surface area contributed by atoms with Crippen LogP contribution in [-0.4, -0.2) is 29.0 Å². The van der Waals surface area contributed by atoms with Gasteiger partial charge >= 0.3 is 6.36 Å². The van der Waals surface area contributed by atoms with Gasteiger partial charge in [-0.3, -0.25) is 4.79 Å². The van der Waals surface area contributed by atoms with E-state index < -0.39 is 18.0 Å². The van der Waals surface area contributed by atoms with Crippen LogP contribution in [0.25, 0.3) is 11.5 Å². The van der Waals surface area contributed by atoms with Crippen LogP contribution in [0.3, 0.4) is 0 Å². The third kappa shape index (κ3) is 4.10. The van der Waals surface area contributed by atoms with Crippen LogP contribution < -0.4 is 10.1 Å². The molecule has 1 aromatic carbocycles. The van der Waals surface area contributed by atoms with Gasteiger partial charge in [0.05, 0.1) is 24.3 Å². The average Bonchev–Trinajstić information content (AvgIpc) is 3.23. The zero-order valence-electron chi connectivity index (χ0n) is 15.0. The van der Waals surface area contributed by atoms with Gasteiger partial charge < -0.3 is 19.3 Å². The lowest BCUT2D eigenvalue weighted by atomic mass is 10.1. The SMILES string of the molecule is Cc1noc(-c2c(NC(=O)c3ccccc3OC(F)(F)F)sc3c2CCOC3)n1. The zero-order chi connectivity index (χ0) is 20.6. The van der Waals surface area contributed by atoms with E-state index in [1.54, 1.807) is 6.92 Å². The molecule has 2 aromatic heterocycles. The Balaban J connectivity index is 1.70. The van der Waals surface area contributed by atoms with E-state index in [1.165, 1.54) is 29.5 Å². The number of alkyl halides is 3. The molecule has 152 valence electrons. The Morgan fingerprint density at radius 3 is 2.83 bits per heavy atom. The van der Waals surface area contributed by atoms with Gasteiger partial charge in [0.2, 0.25) is 0 Å². The number of carbonyl (C=O) groups is 1. The molecule has 1 aliphatic rings. The van der Waals surface area contributed by atoms with E-state index in [0.29, 0.717) is 36.0 Å². The number of aryl methyl sites for hydroxylation is 1. The summed E-state index contributed by atoms with van der Waals surface area (Å²) in [6.45, 7) is 2.53. The molecule has 3 heterocycles. The number of fused-ring (bicyclic) bond motifs is 1. The summed E-state index contributed by atoms with van der Waals surface area (Å²) >= 11 is 1.26. The molecule has 1 N–H and O–H groups in total. The second-order valence-corrected chi connectivity index (χ2v) is 7.26. The summed E-state index contributed by atoms with van der Waals surface area (Å²) in [6, 6.07) is 5.14. The summed E-state index contributed by atoms with van der Waals surface area (Å²) in [5, 5.41) is 6.85. The number of rotatable bonds is 4. The van der Waals surface area contributed by atoms with Crippen molar-refractivity contribution in [3.63, 3.8) is 0 Å². The van der Waals surface area contributed by atoms with Gasteiger partial charge in [0, 0.05) is 4.88 Å². The summed E-state index contributed by atoms with van der Waals surface area (Å²) in [5.74, 6) is -0.676. The molecular formula is C18H14F3N3O4S. The molecule has 0 bridgehead atoms. The van der Waals surface area contributed by atoms with Crippen LogP contribution in [0.4, 0.5) is 18.2 Å². The molecule has 4 rings (SSSR count). The Kier molecular flexibility index (Phi) is 5.01. The summed E-state index contributed by atoms with van der Waals surface area (Å²) in [6.07, 6.45) is -4.32. The van der Waals surface area contributed by atoms with Gasteiger partial charge in [0.25, 0.3) is 11.8 Å². The van der Waals surface area contributed by atoms with E-state index in [1.807, 2.05) is 0 Å². The summed E-state index contributed by atoms with van der Waals surface area (Å²) in [5.41, 5.74) is 1.23. The molecule has 1 amide bonds. The van der Waals surface area contributed by atoms with E-state index >= 15 is 0 Å². The topological polar surface area (TPSA) is 86.5 Å². The van der Waals surface area contributed by atoms with E-state index in [4.69, 9.17) is 9.26 Å². The number of hydrogen-bond acceptors (Lipinski definition) is 7. The Hall–Kier alpha value is -2.92. The van der Waals surface area contributed by atoms with Gasteiger partial charge in [-0.05, 0) is 31.0 Å². The maximum atomic E-state index is 12.8. The summed E-state index contributed by atoms with van der Waals surface area (Å²) in [7, 11) is 0. The number of ether oxygens (including phenoxy) is 2. The number of anilines is 1. The number of halogens is 3.